The van der Waals surface area contributed by atoms with Crippen molar-refractivity contribution >= 4 is 11.7 Å². The van der Waals surface area contributed by atoms with Gasteiger partial charge in [-0.25, -0.2) is 9.78 Å². The summed E-state index contributed by atoms with van der Waals surface area (Å²) in [6.07, 6.45) is 2.89. The molecule has 18 heavy (non-hydrogen) atoms. The third-order valence-corrected chi connectivity index (χ3v) is 2.47. The molecule has 2 rings (SSSR count). The van der Waals surface area contributed by atoms with Gasteiger partial charge in [-0.05, 0) is 13.0 Å². The summed E-state index contributed by atoms with van der Waals surface area (Å²) in [4.78, 5) is 19.8. The summed E-state index contributed by atoms with van der Waals surface area (Å²) in [6, 6.07) is 1.54. The molecule has 0 bridgehead atoms. The number of hydrogen-bond donors (Lipinski definition) is 1. The molecule has 0 aliphatic rings. The normalized spacial score (nSPS) is 10.3. The van der Waals surface area contributed by atoms with E-state index in [1.54, 1.807) is 20.0 Å². The SMILES string of the molecule is Cc1ncc(N)cc1C(=O)OCc1ncnn1C. The second-order valence-electron chi connectivity index (χ2n) is 3.78. The molecule has 0 unspecified atom stereocenters. The number of nitrogens with two attached hydrogens (primary N) is 1. The first-order valence-electron chi connectivity index (χ1n) is 5.30. The molecule has 2 N–H and O–H groups in total. The first-order valence-corrected chi connectivity index (χ1v) is 5.30. The van der Waals surface area contributed by atoms with E-state index in [0.717, 1.165) is 0 Å². The zero-order valence-electron chi connectivity index (χ0n) is 10.1. The number of rotatable bonds is 3. The van der Waals surface area contributed by atoms with E-state index in [2.05, 4.69) is 15.1 Å². The monoisotopic (exact) mass is 247 g/mol. The molecule has 0 radical (unpaired) electrons. The maximum Gasteiger partial charge on any atom is 0.340 e. The van der Waals surface area contributed by atoms with Gasteiger partial charge in [-0.3, -0.25) is 9.67 Å². The lowest BCUT2D eigenvalue weighted by Crippen LogP contribution is -2.11. The molecule has 0 atom stereocenters. The van der Waals surface area contributed by atoms with Crippen molar-refractivity contribution in [3.05, 3.63) is 35.7 Å². The van der Waals surface area contributed by atoms with Gasteiger partial charge in [0.25, 0.3) is 0 Å². The summed E-state index contributed by atoms with van der Waals surface area (Å²) >= 11 is 0. The molecular weight excluding hydrogens is 234 g/mol. The Morgan fingerprint density at radius 2 is 2.28 bits per heavy atom. The van der Waals surface area contributed by atoms with Gasteiger partial charge < -0.3 is 10.5 Å². The lowest BCUT2D eigenvalue weighted by atomic mass is 10.2. The molecule has 2 heterocycles. The second kappa shape index (κ2) is 4.82. The zero-order valence-corrected chi connectivity index (χ0v) is 10.1. The highest BCUT2D eigenvalue weighted by Gasteiger charge is 2.13. The predicted molar refractivity (Wildman–Crippen MR) is 63.5 cm³/mol. The molecule has 7 nitrogen and oxygen atoms in total. The van der Waals surface area contributed by atoms with Gasteiger partial charge in [-0.1, -0.05) is 0 Å². The molecule has 0 spiro atoms. The molecule has 2 aromatic rings. The number of anilines is 1. The fourth-order valence-corrected chi connectivity index (χ4v) is 1.41. The molecule has 0 saturated carbocycles. The Morgan fingerprint density at radius 1 is 1.50 bits per heavy atom. The number of hydrogen-bond acceptors (Lipinski definition) is 6. The minimum Gasteiger partial charge on any atom is -0.454 e. The molecule has 7 heteroatoms. The van der Waals surface area contributed by atoms with Crippen molar-refractivity contribution in [1.29, 1.82) is 0 Å². The molecule has 0 amide bonds. The maximum absolute atomic E-state index is 11.8. The fraction of sp³-hybridized carbons (Fsp3) is 0.273. The smallest absolute Gasteiger partial charge is 0.340 e. The summed E-state index contributed by atoms with van der Waals surface area (Å²) in [6.45, 7) is 1.78. The molecule has 0 saturated heterocycles. The van der Waals surface area contributed by atoms with E-state index in [0.29, 0.717) is 22.8 Å². The van der Waals surface area contributed by atoms with Crippen molar-refractivity contribution < 1.29 is 9.53 Å². The number of esters is 1. The van der Waals surface area contributed by atoms with Crippen molar-refractivity contribution in [3.8, 4) is 0 Å². The molecule has 0 fully saturated rings. The molecule has 2 aromatic heterocycles. The van der Waals surface area contributed by atoms with Crippen LogP contribution >= 0.6 is 0 Å². The Kier molecular flexibility index (Phi) is 3.22. The zero-order chi connectivity index (χ0) is 13.1. The first-order chi connectivity index (χ1) is 8.58. The minimum atomic E-state index is -0.477. The predicted octanol–water partition coefficient (Wildman–Crippen LogP) is 0.458. The lowest BCUT2D eigenvalue weighted by Gasteiger charge is -2.06. The average Bonchev–Trinajstić information content (AvgIpc) is 2.75. The van der Waals surface area contributed by atoms with Gasteiger partial charge in [0.2, 0.25) is 0 Å². The van der Waals surface area contributed by atoms with E-state index in [-0.39, 0.29) is 6.61 Å². The van der Waals surface area contributed by atoms with E-state index in [1.165, 1.54) is 17.2 Å². The minimum absolute atomic E-state index is 0.0591. The topological polar surface area (TPSA) is 95.9 Å². The van der Waals surface area contributed by atoms with E-state index >= 15 is 0 Å². The Hall–Kier alpha value is -2.44. The third-order valence-electron chi connectivity index (χ3n) is 2.47. The Balaban J connectivity index is 2.08. The highest BCUT2D eigenvalue weighted by Crippen LogP contribution is 2.11. The van der Waals surface area contributed by atoms with Crippen LogP contribution in [-0.2, 0) is 18.4 Å². The highest BCUT2D eigenvalue weighted by molar-refractivity contribution is 5.91. The van der Waals surface area contributed by atoms with Crippen molar-refractivity contribution in [3.63, 3.8) is 0 Å². The summed E-state index contributed by atoms with van der Waals surface area (Å²) < 4.78 is 6.67. The van der Waals surface area contributed by atoms with Gasteiger partial charge in [-0.15, -0.1) is 0 Å². The summed E-state index contributed by atoms with van der Waals surface area (Å²) in [5.74, 6) is 0.0909. The maximum atomic E-state index is 11.8. The van der Waals surface area contributed by atoms with E-state index < -0.39 is 5.97 Å². The Labute approximate surface area is 104 Å². The first kappa shape index (κ1) is 12.0. The van der Waals surface area contributed by atoms with Gasteiger partial charge in [0.15, 0.2) is 12.4 Å². The van der Waals surface area contributed by atoms with Crippen LogP contribution in [0.15, 0.2) is 18.6 Å². The van der Waals surface area contributed by atoms with Crippen LogP contribution in [-0.4, -0.2) is 25.7 Å². The Bertz CT molecular complexity index is 579. The number of carbonyl (C=O) groups is 1. The lowest BCUT2D eigenvalue weighted by molar-refractivity contribution is 0.0457. The van der Waals surface area contributed by atoms with Crippen LogP contribution < -0.4 is 5.73 Å². The van der Waals surface area contributed by atoms with Crippen molar-refractivity contribution in [2.24, 2.45) is 7.05 Å². The quantitative estimate of drug-likeness (QED) is 0.791. The van der Waals surface area contributed by atoms with Gasteiger partial charge >= 0.3 is 5.97 Å². The van der Waals surface area contributed by atoms with E-state index in [1.807, 2.05) is 0 Å². The molecule has 0 aromatic carbocycles. The van der Waals surface area contributed by atoms with E-state index in [4.69, 9.17) is 10.5 Å². The number of aromatic nitrogens is 4. The van der Waals surface area contributed by atoms with Crippen LogP contribution in [0.5, 0.6) is 0 Å². The standard InChI is InChI=1S/C11H13N5O2/c1-7-9(3-8(12)4-13-7)11(17)18-5-10-14-6-15-16(10)2/h3-4,6H,5,12H2,1-2H3. The van der Waals surface area contributed by atoms with Crippen LogP contribution in [0.25, 0.3) is 0 Å². The van der Waals surface area contributed by atoms with Crippen molar-refractivity contribution in [1.82, 2.24) is 19.7 Å². The number of aryl methyl sites for hydroxylation is 2. The second-order valence-corrected chi connectivity index (χ2v) is 3.78. The van der Waals surface area contributed by atoms with Crippen LogP contribution in [0.3, 0.4) is 0 Å². The Morgan fingerprint density at radius 3 is 2.94 bits per heavy atom. The van der Waals surface area contributed by atoms with Crippen LogP contribution in [0, 0.1) is 6.92 Å². The number of nitrogens with zero attached hydrogens (tertiary/aromatic N) is 4. The summed E-state index contributed by atoms with van der Waals surface area (Å²) in [7, 11) is 1.73. The van der Waals surface area contributed by atoms with Crippen molar-refractivity contribution in [2.45, 2.75) is 13.5 Å². The summed E-state index contributed by atoms with van der Waals surface area (Å²) in [5.41, 5.74) is 6.94. The molecule has 0 aliphatic carbocycles. The van der Waals surface area contributed by atoms with Crippen LogP contribution in [0.1, 0.15) is 21.9 Å². The van der Waals surface area contributed by atoms with Gasteiger partial charge in [0.1, 0.15) is 6.33 Å². The molecular formula is C11H13N5O2. The van der Waals surface area contributed by atoms with Gasteiger partial charge in [-0.2, -0.15) is 5.10 Å². The third kappa shape index (κ3) is 2.45. The number of carbonyl (C=O) groups excluding carboxylic acids is 1. The largest absolute Gasteiger partial charge is 0.454 e. The highest BCUT2D eigenvalue weighted by atomic mass is 16.5. The van der Waals surface area contributed by atoms with Gasteiger partial charge in [0, 0.05) is 7.05 Å². The molecule has 94 valence electrons. The van der Waals surface area contributed by atoms with Crippen LogP contribution in [0.4, 0.5) is 5.69 Å². The number of ether oxygens (including phenoxy) is 1. The van der Waals surface area contributed by atoms with Crippen molar-refractivity contribution in [2.75, 3.05) is 5.73 Å². The summed E-state index contributed by atoms with van der Waals surface area (Å²) in [5, 5.41) is 3.88. The fourth-order valence-electron chi connectivity index (χ4n) is 1.41. The molecule has 0 aliphatic heterocycles. The van der Waals surface area contributed by atoms with Gasteiger partial charge in [0.05, 0.1) is 23.1 Å². The van der Waals surface area contributed by atoms with E-state index in [9.17, 15) is 4.79 Å². The number of nitrogen functional groups attached to an aromatic ring is 1. The van der Waals surface area contributed by atoms with Crippen LogP contribution in [0.2, 0.25) is 0 Å². The average molecular weight is 247 g/mol. The number of pyridine rings is 1.